The van der Waals surface area contributed by atoms with Gasteiger partial charge in [-0.3, -0.25) is 4.79 Å². The zero-order valence-corrected chi connectivity index (χ0v) is 15.0. The van der Waals surface area contributed by atoms with Crippen LogP contribution < -0.4 is 0 Å². The van der Waals surface area contributed by atoms with Gasteiger partial charge in [0.05, 0.1) is 6.10 Å². The van der Waals surface area contributed by atoms with E-state index in [1.165, 1.54) is 37.7 Å². The van der Waals surface area contributed by atoms with E-state index in [9.17, 15) is 9.90 Å². The Morgan fingerprint density at radius 3 is 2.61 bits per heavy atom. The van der Waals surface area contributed by atoms with Crippen molar-refractivity contribution in [2.75, 3.05) is 0 Å². The van der Waals surface area contributed by atoms with Crippen molar-refractivity contribution in [3.63, 3.8) is 0 Å². The summed E-state index contributed by atoms with van der Waals surface area (Å²) in [6.45, 7) is 6.92. The Bertz CT molecular complexity index is 548. The largest absolute Gasteiger partial charge is 0.393 e. The van der Waals surface area contributed by atoms with Gasteiger partial charge in [-0.1, -0.05) is 19.4 Å². The van der Waals surface area contributed by atoms with E-state index in [1.807, 2.05) is 13.0 Å². The summed E-state index contributed by atoms with van der Waals surface area (Å²) in [5, 5.41) is 10.3. The van der Waals surface area contributed by atoms with Gasteiger partial charge >= 0.3 is 0 Å². The molecule has 0 aromatic carbocycles. The van der Waals surface area contributed by atoms with Crippen molar-refractivity contribution in [3.05, 3.63) is 11.6 Å². The van der Waals surface area contributed by atoms with Gasteiger partial charge < -0.3 is 5.11 Å². The summed E-state index contributed by atoms with van der Waals surface area (Å²) in [6, 6.07) is 0. The van der Waals surface area contributed by atoms with Crippen LogP contribution in [0.5, 0.6) is 0 Å². The first-order valence-corrected chi connectivity index (χ1v) is 9.78. The smallest absolute Gasteiger partial charge is 0.155 e. The van der Waals surface area contributed by atoms with Gasteiger partial charge in [0.15, 0.2) is 5.78 Å². The van der Waals surface area contributed by atoms with E-state index in [2.05, 4.69) is 13.8 Å². The van der Waals surface area contributed by atoms with Crippen LogP contribution in [-0.2, 0) is 4.79 Å². The highest BCUT2D eigenvalue weighted by molar-refractivity contribution is 5.91. The quantitative estimate of drug-likeness (QED) is 0.772. The van der Waals surface area contributed by atoms with E-state index in [0.717, 1.165) is 37.0 Å². The van der Waals surface area contributed by atoms with Crippen LogP contribution in [0.1, 0.15) is 72.1 Å². The third kappa shape index (κ3) is 2.13. The van der Waals surface area contributed by atoms with Crippen LogP contribution in [0.15, 0.2) is 11.6 Å². The van der Waals surface area contributed by atoms with Gasteiger partial charge in [-0.15, -0.1) is 0 Å². The van der Waals surface area contributed by atoms with Gasteiger partial charge in [0, 0.05) is 6.42 Å². The molecule has 128 valence electrons. The summed E-state index contributed by atoms with van der Waals surface area (Å²) in [5.41, 5.74) is 2.09. The van der Waals surface area contributed by atoms with Gasteiger partial charge in [-0.25, -0.2) is 0 Å². The van der Waals surface area contributed by atoms with Gasteiger partial charge in [-0.05, 0) is 92.4 Å². The molecule has 3 saturated carbocycles. The third-order valence-corrected chi connectivity index (χ3v) is 8.62. The van der Waals surface area contributed by atoms with E-state index in [4.69, 9.17) is 0 Å². The highest BCUT2D eigenvalue weighted by atomic mass is 16.3. The molecule has 0 radical (unpaired) electrons. The Morgan fingerprint density at radius 2 is 1.87 bits per heavy atom. The lowest BCUT2D eigenvalue weighted by atomic mass is 9.46. The topological polar surface area (TPSA) is 37.3 Å². The minimum absolute atomic E-state index is 0.163. The number of hydrogen-bond donors (Lipinski definition) is 1. The predicted octanol–water partition coefficient (Wildman–Crippen LogP) is 4.52. The molecule has 2 nitrogen and oxygen atoms in total. The molecule has 0 aromatic heterocycles. The maximum absolute atomic E-state index is 11.9. The molecule has 0 amide bonds. The maximum atomic E-state index is 11.9. The number of fused-ring (bicyclic) bond motifs is 5. The number of ketones is 1. The molecular formula is C21H32O2. The van der Waals surface area contributed by atoms with E-state index in [-0.39, 0.29) is 11.5 Å². The van der Waals surface area contributed by atoms with Gasteiger partial charge in [0.1, 0.15) is 0 Å². The molecule has 0 spiro atoms. The standard InChI is InChI=1S/C21H32O2/c1-13(22)17-6-7-18-16-5-4-14-12-15(23)8-10-20(14,2)19(16)9-11-21(17,18)3/h12-13,16-19,22H,4-11H2,1-3H3/t13-,16-,17-,18+,19+,20-,21-/m1/s1. The van der Waals surface area contributed by atoms with Crippen molar-refractivity contribution in [3.8, 4) is 0 Å². The van der Waals surface area contributed by atoms with E-state index in [0.29, 0.717) is 17.1 Å². The lowest BCUT2D eigenvalue weighted by molar-refractivity contribution is -0.117. The van der Waals surface area contributed by atoms with E-state index < -0.39 is 0 Å². The fourth-order valence-electron chi connectivity index (χ4n) is 7.39. The summed E-state index contributed by atoms with van der Waals surface area (Å²) in [7, 11) is 0. The highest BCUT2D eigenvalue weighted by Gasteiger charge is 2.59. The summed E-state index contributed by atoms with van der Waals surface area (Å²) >= 11 is 0. The van der Waals surface area contributed by atoms with E-state index in [1.54, 1.807) is 0 Å². The van der Waals surface area contributed by atoms with Crippen LogP contribution >= 0.6 is 0 Å². The first-order chi connectivity index (χ1) is 10.9. The zero-order valence-electron chi connectivity index (χ0n) is 15.0. The van der Waals surface area contributed by atoms with Crippen LogP contribution in [0.3, 0.4) is 0 Å². The monoisotopic (exact) mass is 316 g/mol. The Balaban J connectivity index is 1.66. The molecule has 0 aliphatic heterocycles. The van der Waals surface area contributed by atoms with Crippen LogP contribution in [0, 0.1) is 34.5 Å². The van der Waals surface area contributed by atoms with Gasteiger partial charge in [0.2, 0.25) is 0 Å². The van der Waals surface area contributed by atoms with Crippen LogP contribution in [0.4, 0.5) is 0 Å². The van der Waals surface area contributed by atoms with Crippen molar-refractivity contribution >= 4 is 5.78 Å². The molecule has 3 fully saturated rings. The van der Waals surface area contributed by atoms with Crippen molar-refractivity contribution in [1.29, 1.82) is 0 Å². The second-order valence-electron chi connectivity index (χ2n) is 9.44. The second kappa shape index (κ2) is 5.18. The number of hydrogen-bond acceptors (Lipinski definition) is 2. The minimum atomic E-state index is -0.163. The van der Waals surface area contributed by atoms with Gasteiger partial charge in [-0.2, -0.15) is 0 Å². The first kappa shape index (κ1) is 15.9. The Morgan fingerprint density at radius 1 is 1.09 bits per heavy atom. The average molecular weight is 316 g/mol. The van der Waals surface area contributed by atoms with Crippen molar-refractivity contribution in [2.45, 2.75) is 78.2 Å². The zero-order chi connectivity index (χ0) is 16.4. The first-order valence-electron chi connectivity index (χ1n) is 9.78. The predicted molar refractivity (Wildman–Crippen MR) is 91.9 cm³/mol. The molecule has 4 rings (SSSR count). The molecule has 4 aliphatic carbocycles. The molecule has 0 aromatic rings. The molecule has 7 atom stereocenters. The summed E-state index contributed by atoms with van der Waals surface area (Å²) in [4.78, 5) is 11.9. The highest BCUT2D eigenvalue weighted by Crippen LogP contribution is 2.66. The fourth-order valence-corrected chi connectivity index (χ4v) is 7.39. The second-order valence-corrected chi connectivity index (χ2v) is 9.44. The average Bonchev–Trinajstić information content (AvgIpc) is 2.85. The number of carbonyl (C=O) groups is 1. The molecule has 0 unspecified atom stereocenters. The fraction of sp³-hybridized carbons (Fsp3) is 0.857. The maximum Gasteiger partial charge on any atom is 0.155 e. The van der Waals surface area contributed by atoms with Crippen molar-refractivity contribution in [1.82, 2.24) is 0 Å². The molecule has 23 heavy (non-hydrogen) atoms. The van der Waals surface area contributed by atoms with Crippen molar-refractivity contribution < 1.29 is 9.90 Å². The molecule has 1 N–H and O–H groups in total. The lowest BCUT2D eigenvalue weighted by Crippen LogP contribution is -2.51. The van der Waals surface area contributed by atoms with E-state index >= 15 is 0 Å². The number of aliphatic hydroxyl groups excluding tert-OH is 1. The SMILES string of the molecule is C[C@@H](O)[C@H]1CC[C@H]2[C@H]3CCC4=CC(=O)CC[C@@]4(C)[C@H]3CC[C@]12C. The van der Waals surface area contributed by atoms with Crippen LogP contribution in [-0.4, -0.2) is 17.0 Å². The van der Waals surface area contributed by atoms with Gasteiger partial charge in [0.25, 0.3) is 0 Å². The number of carbonyl (C=O) groups excluding carboxylic acids is 1. The van der Waals surface area contributed by atoms with Crippen LogP contribution in [0.2, 0.25) is 0 Å². The molecule has 0 saturated heterocycles. The molecule has 0 bridgehead atoms. The normalized spacial score (nSPS) is 50.6. The lowest BCUT2D eigenvalue weighted by Gasteiger charge is -2.58. The molecular weight excluding hydrogens is 284 g/mol. The number of allylic oxidation sites excluding steroid dienone is 1. The summed E-state index contributed by atoms with van der Waals surface area (Å²) in [6.07, 6.45) is 11.1. The molecule has 2 heteroatoms. The Hall–Kier alpha value is -0.630. The van der Waals surface area contributed by atoms with Crippen molar-refractivity contribution in [2.24, 2.45) is 34.5 Å². The number of rotatable bonds is 1. The molecule has 4 aliphatic rings. The third-order valence-electron chi connectivity index (χ3n) is 8.62. The number of aliphatic hydroxyl groups is 1. The van der Waals surface area contributed by atoms with Crippen LogP contribution in [0.25, 0.3) is 0 Å². The Labute approximate surface area is 140 Å². The Kier molecular flexibility index (Phi) is 3.58. The molecule has 0 heterocycles. The minimum Gasteiger partial charge on any atom is -0.393 e. The summed E-state index contributed by atoms with van der Waals surface area (Å²) < 4.78 is 0. The summed E-state index contributed by atoms with van der Waals surface area (Å²) in [5.74, 6) is 3.21.